The van der Waals surface area contributed by atoms with Crippen molar-refractivity contribution in [3.63, 3.8) is 0 Å². The zero-order valence-electron chi connectivity index (χ0n) is 11.0. The van der Waals surface area contributed by atoms with Crippen LogP contribution in [0.2, 0.25) is 15.1 Å². The molecule has 2 aromatic carbocycles. The minimum Gasteiger partial charge on any atom is -0.487 e. The number of hydrogen-bond acceptors (Lipinski definition) is 2. The van der Waals surface area contributed by atoms with Gasteiger partial charge in [0.25, 0.3) is 0 Å². The SMILES string of the molecule is CC(C)Oc1cc(Cl)ccc1Oc1ccc(Cl)cc1Cl. The van der Waals surface area contributed by atoms with Gasteiger partial charge in [0.2, 0.25) is 0 Å². The monoisotopic (exact) mass is 330 g/mol. The van der Waals surface area contributed by atoms with Gasteiger partial charge in [0.05, 0.1) is 11.1 Å². The molecule has 2 rings (SSSR count). The molecule has 0 saturated carbocycles. The van der Waals surface area contributed by atoms with E-state index in [1.807, 2.05) is 13.8 Å². The van der Waals surface area contributed by atoms with Gasteiger partial charge in [-0.05, 0) is 44.2 Å². The van der Waals surface area contributed by atoms with Crippen molar-refractivity contribution in [3.05, 3.63) is 51.5 Å². The average Bonchev–Trinajstić information content (AvgIpc) is 2.34. The number of halogens is 3. The number of benzene rings is 2. The fourth-order valence-electron chi connectivity index (χ4n) is 1.59. The second-order valence-corrected chi connectivity index (χ2v) is 5.71. The molecule has 0 bridgehead atoms. The maximum atomic E-state index is 6.09. The maximum absolute atomic E-state index is 6.09. The molecule has 0 heterocycles. The van der Waals surface area contributed by atoms with Crippen molar-refractivity contribution in [3.8, 4) is 17.2 Å². The molecule has 0 fully saturated rings. The first-order valence-corrected chi connectivity index (χ1v) is 7.18. The van der Waals surface area contributed by atoms with Gasteiger partial charge in [-0.1, -0.05) is 34.8 Å². The topological polar surface area (TPSA) is 18.5 Å². The summed E-state index contributed by atoms with van der Waals surface area (Å²) in [6.45, 7) is 3.86. The number of rotatable bonds is 4. The number of ether oxygens (including phenoxy) is 2. The highest BCUT2D eigenvalue weighted by Crippen LogP contribution is 2.37. The van der Waals surface area contributed by atoms with Crippen molar-refractivity contribution in [2.75, 3.05) is 0 Å². The van der Waals surface area contributed by atoms with E-state index in [1.54, 1.807) is 36.4 Å². The Morgan fingerprint density at radius 2 is 1.40 bits per heavy atom. The summed E-state index contributed by atoms with van der Waals surface area (Å²) in [6.07, 6.45) is 0.0107. The van der Waals surface area contributed by atoms with Gasteiger partial charge in [-0.25, -0.2) is 0 Å². The van der Waals surface area contributed by atoms with E-state index in [1.165, 1.54) is 0 Å². The molecule has 0 aliphatic carbocycles. The molecule has 5 heteroatoms. The van der Waals surface area contributed by atoms with E-state index in [9.17, 15) is 0 Å². The van der Waals surface area contributed by atoms with E-state index in [2.05, 4.69) is 0 Å². The fraction of sp³-hybridized carbons (Fsp3) is 0.200. The van der Waals surface area contributed by atoms with Crippen LogP contribution in [-0.2, 0) is 0 Å². The van der Waals surface area contributed by atoms with Crippen LogP contribution in [0.3, 0.4) is 0 Å². The van der Waals surface area contributed by atoms with E-state index in [4.69, 9.17) is 44.3 Å². The standard InChI is InChI=1S/C15H13Cl3O2/c1-9(2)19-15-8-11(17)4-6-14(15)20-13-5-3-10(16)7-12(13)18/h3-9H,1-2H3. The summed E-state index contributed by atoms with van der Waals surface area (Å²) in [7, 11) is 0. The Labute approximate surface area is 133 Å². The lowest BCUT2D eigenvalue weighted by Gasteiger charge is -2.15. The molecule has 0 atom stereocenters. The van der Waals surface area contributed by atoms with Gasteiger partial charge in [-0.3, -0.25) is 0 Å². The molecule has 0 aromatic heterocycles. The molecular weight excluding hydrogens is 319 g/mol. The minimum atomic E-state index is 0.0107. The molecule has 0 saturated heterocycles. The Morgan fingerprint density at radius 3 is 2.00 bits per heavy atom. The van der Waals surface area contributed by atoms with E-state index >= 15 is 0 Å². The summed E-state index contributed by atoms with van der Waals surface area (Å²) < 4.78 is 11.5. The zero-order valence-corrected chi connectivity index (χ0v) is 13.3. The molecule has 2 aromatic rings. The highest BCUT2D eigenvalue weighted by molar-refractivity contribution is 6.35. The smallest absolute Gasteiger partial charge is 0.169 e. The molecule has 0 N–H and O–H groups in total. The first-order chi connectivity index (χ1) is 9.45. The highest BCUT2D eigenvalue weighted by Gasteiger charge is 2.11. The van der Waals surface area contributed by atoms with E-state index in [-0.39, 0.29) is 6.10 Å². The minimum absolute atomic E-state index is 0.0107. The van der Waals surface area contributed by atoms with Crippen LogP contribution in [0.4, 0.5) is 0 Å². The van der Waals surface area contributed by atoms with E-state index in [0.29, 0.717) is 32.3 Å². The van der Waals surface area contributed by atoms with Gasteiger partial charge >= 0.3 is 0 Å². The predicted octanol–water partition coefficient (Wildman–Crippen LogP) is 6.23. The summed E-state index contributed by atoms with van der Waals surface area (Å²) in [5.74, 6) is 1.62. The van der Waals surface area contributed by atoms with Gasteiger partial charge in [0.1, 0.15) is 5.75 Å². The highest BCUT2D eigenvalue weighted by atomic mass is 35.5. The van der Waals surface area contributed by atoms with E-state index in [0.717, 1.165) is 0 Å². The summed E-state index contributed by atoms with van der Waals surface area (Å²) in [5.41, 5.74) is 0. The molecule has 20 heavy (non-hydrogen) atoms. The normalized spacial score (nSPS) is 10.7. The summed E-state index contributed by atoms with van der Waals surface area (Å²) >= 11 is 17.9. The summed E-state index contributed by atoms with van der Waals surface area (Å²) in [4.78, 5) is 0. The van der Waals surface area contributed by atoms with Crippen LogP contribution in [0.25, 0.3) is 0 Å². The molecule has 0 aliphatic rings. The Kier molecular flexibility index (Phi) is 5.03. The van der Waals surface area contributed by atoms with Gasteiger partial charge in [0, 0.05) is 16.1 Å². The van der Waals surface area contributed by atoms with Crippen LogP contribution in [-0.4, -0.2) is 6.10 Å². The molecule has 0 amide bonds. The maximum Gasteiger partial charge on any atom is 0.169 e. The van der Waals surface area contributed by atoms with Gasteiger partial charge in [-0.2, -0.15) is 0 Å². The third-order valence-electron chi connectivity index (χ3n) is 2.38. The molecule has 0 radical (unpaired) electrons. The molecule has 0 aliphatic heterocycles. The number of hydrogen-bond donors (Lipinski definition) is 0. The Morgan fingerprint density at radius 1 is 0.800 bits per heavy atom. The predicted molar refractivity (Wildman–Crippen MR) is 83.8 cm³/mol. The Hall–Kier alpha value is -1.09. The first kappa shape index (κ1) is 15.3. The lowest BCUT2D eigenvalue weighted by Crippen LogP contribution is -2.06. The van der Waals surface area contributed by atoms with Crippen molar-refractivity contribution in [2.45, 2.75) is 20.0 Å². The van der Waals surface area contributed by atoms with Crippen LogP contribution in [0.1, 0.15) is 13.8 Å². The second-order valence-electron chi connectivity index (χ2n) is 4.43. The molecule has 106 valence electrons. The zero-order chi connectivity index (χ0) is 14.7. The molecule has 2 nitrogen and oxygen atoms in total. The molecule has 0 spiro atoms. The molecular formula is C15H13Cl3O2. The van der Waals surface area contributed by atoms with Crippen molar-refractivity contribution in [2.24, 2.45) is 0 Å². The van der Waals surface area contributed by atoms with E-state index < -0.39 is 0 Å². The van der Waals surface area contributed by atoms with Crippen LogP contribution in [0, 0.1) is 0 Å². The lowest BCUT2D eigenvalue weighted by atomic mass is 10.3. The van der Waals surface area contributed by atoms with Crippen LogP contribution < -0.4 is 9.47 Å². The largest absolute Gasteiger partial charge is 0.487 e. The third kappa shape index (κ3) is 3.95. The molecule has 0 unspecified atom stereocenters. The fourth-order valence-corrected chi connectivity index (χ4v) is 2.20. The van der Waals surface area contributed by atoms with Crippen LogP contribution in [0.15, 0.2) is 36.4 Å². The van der Waals surface area contributed by atoms with Crippen molar-refractivity contribution >= 4 is 34.8 Å². The summed E-state index contributed by atoms with van der Waals surface area (Å²) in [5, 5.41) is 1.57. The van der Waals surface area contributed by atoms with Crippen molar-refractivity contribution < 1.29 is 9.47 Å². The second kappa shape index (κ2) is 6.57. The van der Waals surface area contributed by atoms with Crippen LogP contribution in [0.5, 0.6) is 17.2 Å². The van der Waals surface area contributed by atoms with Gasteiger partial charge in [-0.15, -0.1) is 0 Å². The Balaban J connectivity index is 2.32. The quantitative estimate of drug-likeness (QED) is 0.661. The van der Waals surface area contributed by atoms with Crippen LogP contribution >= 0.6 is 34.8 Å². The first-order valence-electron chi connectivity index (χ1n) is 6.05. The summed E-state index contributed by atoms with van der Waals surface area (Å²) in [6, 6.07) is 10.2. The van der Waals surface area contributed by atoms with Crippen molar-refractivity contribution in [1.82, 2.24) is 0 Å². The Bertz CT molecular complexity index is 612. The van der Waals surface area contributed by atoms with Gasteiger partial charge < -0.3 is 9.47 Å². The third-order valence-corrected chi connectivity index (χ3v) is 3.15. The van der Waals surface area contributed by atoms with Gasteiger partial charge in [0.15, 0.2) is 11.5 Å². The average molecular weight is 332 g/mol. The lowest BCUT2D eigenvalue weighted by molar-refractivity contribution is 0.233. The van der Waals surface area contributed by atoms with Crippen molar-refractivity contribution in [1.29, 1.82) is 0 Å².